The van der Waals surface area contributed by atoms with E-state index in [9.17, 15) is 4.79 Å². The van der Waals surface area contributed by atoms with Crippen LogP contribution in [0.15, 0.2) is 30.6 Å². The van der Waals surface area contributed by atoms with Gasteiger partial charge in [0.2, 0.25) is 5.91 Å². The molecule has 0 spiro atoms. The number of hydrogen-bond acceptors (Lipinski definition) is 3. The predicted octanol–water partition coefficient (Wildman–Crippen LogP) is 1.79. The van der Waals surface area contributed by atoms with Gasteiger partial charge in [0.05, 0.1) is 12.1 Å². The number of amides is 1. The quantitative estimate of drug-likeness (QED) is 0.919. The molecular formula is C15H22Cl2N4O. The van der Waals surface area contributed by atoms with E-state index in [0.717, 1.165) is 37.4 Å². The van der Waals surface area contributed by atoms with E-state index in [1.54, 1.807) is 0 Å². The van der Waals surface area contributed by atoms with Crippen LogP contribution < -0.4 is 5.32 Å². The first-order valence-corrected chi connectivity index (χ1v) is 7.11. The van der Waals surface area contributed by atoms with E-state index in [1.165, 1.54) is 0 Å². The Morgan fingerprint density at radius 3 is 2.95 bits per heavy atom. The van der Waals surface area contributed by atoms with Gasteiger partial charge in [-0.25, -0.2) is 4.98 Å². The zero-order chi connectivity index (χ0) is 13.9. The summed E-state index contributed by atoms with van der Waals surface area (Å²) in [5, 5.41) is 3.18. The van der Waals surface area contributed by atoms with Crippen molar-refractivity contribution in [1.29, 1.82) is 0 Å². The SMILES string of the molecule is CNCC1CCN(C(=O)Cc2cn3ccccc3n2)C1.Cl.Cl. The third-order valence-corrected chi connectivity index (χ3v) is 3.88. The maximum absolute atomic E-state index is 12.3. The average Bonchev–Trinajstić information content (AvgIpc) is 3.04. The first-order chi connectivity index (χ1) is 9.76. The maximum Gasteiger partial charge on any atom is 0.228 e. The Labute approximate surface area is 142 Å². The van der Waals surface area contributed by atoms with Gasteiger partial charge in [0, 0.05) is 25.5 Å². The van der Waals surface area contributed by atoms with Gasteiger partial charge in [0.25, 0.3) is 0 Å². The fraction of sp³-hybridized carbons (Fsp3) is 0.467. The summed E-state index contributed by atoms with van der Waals surface area (Å²) < 4.78 is 1.95. The summed E-state index contributed by atoms with van der Waals surface area (Å²) in [7, 11) is 1.96. The number of nitrogens with one attached hydrogen (secondary N) is 1. The fourth-order valence-electron chi connectivity index (χ4n) is 2.85. The van der Waals surface area contributed by atoms with Crippen molar-refractivity contribution in [3.05, 3.63) is 36.3 Å². The molecule has 1 saturated heterocycles. The lowest BCUT2D eigenvalue weighted by atomic mass is 10.1. The normalized spacial score (nSPS) is 17.1. The van der Waals surface area contributed by atoms with Crippen LogP contribution in [0, 0.1) is 5.92 Å². The molecule has 3 heterocycles. The molecule has 1 fully saturated rings. The Hall–Kier alpha value is -1.30. The molecule has 1 unspecified atom stereocenters. The Morgan fingerprint density at radius 1 is 1.41 bits per heavy atom. The van der Waals surface area contributed by atoms with E-state index in [2.05, 4.69) is 10.3 Å². The van der Waals surface area contributed by atoms with E-state index in [0.29, 0.717) is 12.3 Å². The van der Waals surface area contributed by atoms with Crippen LogP contribution in [0.3, 0.4) is 0 Å². The summed E-state index contributed by atoms with van der Waals surface area (Å²) in [5.41, 5.74) is 1.74. The average molecular weight is 345 g/mol. The lowest BCUT2D eigenvalue weighted by molar-refractivity contribution is -0.129. The smallest absolute Gasteiger partial charge is 0.228 e. The van der Waals surface area contributed by atoms with Gasteiger partial charge >= 0.3 is 0 Å². The van der Waals surface area contributed by atoms with Crippen LogP contribution in [0.2, 0.25) is 0 Å². The van der Waals surface area contributed by atoms with Gasteiger partial charge in [-0.2, -0.15) is 0 Å². The molecule has 0 aromatic carbocycles. The lowest BCUT2D eigenvalue weighted by Crippen LogP contribution is -2.31. The second-order valence-electron chi connectivity index (χ2n) is 5.43. The zero-order valence-electron chi connectivity index (χ0n) is 12.6. The number of rotatable bonds is 4. The molecule has 0 bridgehead atoms. The molecule has 0 saturated carbocycles. The standard InChI is InChI=1S/C15H20N4O.2ClH/c1-16-9-12-5-7-19(10-12)15(20)8-13-11-18-6-3-2-4-14(18)17-13;;/h2-4,6,11-12,16H,5,7-10H2,1H3;2*1H. The van der Waals surface area contributed by atoms with Gasteiger partial charge in [-0.05, 0) is 38.1 Å². The number of aromatic nitrogens is 2. The highest BCUT2D eigenvalue weighted by Crippen LogP contribution is 2.16. The molecule has 7 heteroatoms. The molecule has 1 N–H and O–H groups in total. The Balaban J connectivity index is 0.00000121. The van der Waals surface area contributed by atoms with E-state index in [1.807, 2.05) is 46.9 Å². The highest BCUT2D eigenvalue weighted by molar-refractivity contribution is 5.85. The molecule has 5 nitrogen and oxygen atoms in total. The fourth-order valence-corrected chi connectivity index (χ4v) is 2.85. The van der Waals surface area contributed by atoms with Crippen LogP contribution in [0.25, 0.3) is 5.65 Å². The highest BCUT2D eigenvalue weighted by Gasteiger charge is 2.25. The molecule has 2 aromatic rings. The van der Waals surface area contributed by atoms with Crippen molar-refractivity contribution in [3.8, 4) is 0 Å². The van der Waals surface area contributed by atoms with Crippen molar-refractivity contribution in [2.45, 2.75) is 12.8 Å². The third kappa shape index (κ3) is 4.12. The van der Waals surface area contributed by atoms with Crippen LogP contribution >= 0.6 is 24.8 Å². The number of carbonyl (C=O) groups excluding carboxylic acids is 1. The van der Waals surface area contributed by atoms with Gasteiger partial charge in [-0.3, -0.25) is 4.79 Å². The molecule has 2 aromatic heterocycles. The molecule has 3 rings (SSSR count). The minimum absolute atomic E-state index is 0. The second kappa shape index (κ2) is 8.36. The first kappa shape index (κ1) is 18.7. The molecule has 1 atom stereocenters. The van der Waals surface area contributed by atoms with E-state index in [-0.39, 0.29) is 30.7 Å². The van der Waals surface area contributed by atoms with Gasteiger partial charge < -0.3 is 14.6 Å². The largest absolute Gasteiger partial charge is 0.342 e. The van der Waals surface area contributed by atoms with Gasteiger partial charge in [0.1, 0.15) is 5.65 Å². The molecule has 22 heavy (non-hydrogen) atoms. The molecule has 0 aliphatic carbocycles. The lowest BCUT2D eigenvalue weighted by Gasteiger charge is -2.15. The number of nitrogens with zero attached hydrogens (tertiary/aromatic N) is 3. The van der Waals surface area contributed by atoms with Crippen LogP contribution in [-0.2, 0) is 11.2 Å². The van der Waals surface area contributed by atoms with Crippen molar-refractivity contribution in [2.24, 2.45) is 5.92 Å². The number of hydrogen-bond donors (Lipinski definition) is 1. The summed E-state index contributed by atoms with van der Waals surface area (Å²) in [6.45, 7) is 2.73. The minimum Gasteiger partial charge on any atom is -0.342 e. The third-order valence-electron chi connectivity index (χ3n) is 3.88. The minimum atomic E-state index is 0. The van der Waals surface area contributed by atoms with E-state index < -0.39 is 0 Å². The monoisotopic (exact) mass is 344 g/mol. The number of halogens is 2. The van der Waals surface area contributed by atoms with Crippen molar-refractivity contribution >= 4 is 36.4 Å². The van der Waals surface area contributed by atoms with Crippen LogP contribution in [-0.4, -0.2) is 46.9 Å². The highest BCUT2D eigenvalue weighted by atomic mass is 35.5. The predicted molar refractivity (Wildman–Crippen MR) is 92.0 cm³/mol. The van der Waals surface area contributed by atoms with Gasteiger partial charge in [-0.1, -0.05) is 6.07 Å². The summed E-state index contributed by atoms with van der Waals surface area (Å²) in [6.07, 6.45) is 5.38. The molecule has 122 valence electrons. The molecule has 1 aliphatic rings. The Kier molecular flexibility index (Phi) is 7.13. The van der Waals surface area contributed by atoms with Crippen molar-refractivity contribution in [1.82, 2.24) is 19.6 Å². The number of likely N-dealkylation sites (tertiary alicyclic amines) is 1. The van der Waals surface area contributed by atoms with Crippen LogP contribution in [0.5, 0.6) is 0 Å². The molecule has 0 radical (unpaired) electrons. The Morgan fingerprint density at radius 2 is 2.23 bits per heavy atom. The van der Waals surface area contributed by atoms with Crippen molar-refractivity contribution in [2.75, 3.05) is 26.7 Å². The number of imidazole rings is 1. The van der Waals surface area contributed by atoms with Crippen LogP contribution in [0.4, 0.5) is 0 Å². The van der Waals surface area contributed by atoms with Crippen molar-refractivity contribution in [3.63, 3.8) is 0 Å². The van der Waals surface area contributed by atoms with Gasteiger partial charge in [-0.15, -0.1) is 24.8 Å². The van der Waals surface area contributed by atoms with E-state index in [4.69, 9.17) is 0 Å². The number of fused-ring (bicyclic) bond motifs is 1. The summed E-state index contributed by atoms with van der Waals surface area (Å²) >= 11 is 0. The summed E-state index contributed by atoms with van der Waals surface area (Å²) in [4.78, 5) is 18.7. The second-order valence-corrected chi connectivity index (χ2v) is 5.43. The van der Waals surface area contributed by atoms with Crippen LogP contribution in [0.1, 0.15) is 12.1 Å². The molecular weight excluding hydrogens is 323 g/mol. The topological polar surface area (TPSA) is 49.6 Å². The van der Waals surface area contributed by atoms with E-state index >= 15 is 0 Å². The maximum atomic E-state index is 12.3. The number of carbonyl (C=O) groups is 1. The summed E-state index contributed by atoms with van der Waals surface area (Å²) in [5.74, 6) is 0.775. The first-order valence-electron chi connectivity index (χ1n) is 7.11. The van der Waals surface area contributed by atoms with Gasteiger partial charge in [0.15, 0.2) is 0 Å². The Bertz CT molecular complexity index is 583. The summed E-state index contributed by atoms with van der Waals surface area (Å²) in [6, 6.07) is 5.87. The van der Waals surface area contributed by atoms with Crippen molar-refractivity contribution < 1.29 is 4.79 Å². The zero-order valence-corrected chi connectivity index (χ0v) is 14.2. The number of pyridine rings is 1. The molecule has 1 amide bonds. The molecule has 1 aliphatic heterocycles.